The van der Waals surface area contributed by atoms with Crippen LogP contribution in [0.4, 0.5) is 15.8 Å². The number of nitrogens with zero attached hydrogens (tertiary/aromatic N) is 2. The highest BCUT2D eigenvalue weighted by molar-refractivity contribution is 7.93. The summed E-state index contributed by atoms with van der Waals surface area (Å²) < 4.78 is 38.7. The molecule has 1 N–H and O–H groups in total. The molecule has 1 rings (SSSR count). The maximum Gasteiger partial charge on any atom is 0.271 e. The highest BCUT2D eigenvalue weighted by atomic mass is 32.2. The van der Waals surface area contributed by atoms with Gasteiger partial charge in [-0.3, -0.25) is 14.8 Å². The minimum atomic E-state index is -4.11. The van der Waals surface area contributed by atoms with Crippen LogP contribution in [0.25, 0.3) is 0 Å². The lowest BCUT2D eigenvalue weighted by Gasteiger charge is -2.11. The standard InChI is InChI=1S/C10H10FN3O4S/c1-2-8(6-12)19(17,18)13-10-5-7(14(15)16)3-4-9(10)11/h3-5,8,13H,2H2,1H3. The van der Waals surface area contributed by atoms with Crippen LogP contribution in [0.3, 0.4) is 0 Å². The van der Waals surface area contributed by atoms with E-state index < -0.39 is 37.4 Å². The second-order valence-corrected chi connectivity index (χ2v) is 5.46. The summed E-state index contributed by atoms with van der Waals surface area (Å²) in [6, 6.07) is 4.02. The molecule has 0 amide bonds. The van der Waals surface area contributed by atoms with Gasteiger partial charge in [0, 0.05) is 12.1 Å². The first kappa shape index (κ1) is 14.8. The van der Waals surface area contributed by atoms with Gasteiger partial charge in [-0.2, -0.15) is 5.26 Å². The molecule has 0 aliphatic carbocycles. The van der Waals surface area contributed by atoms with Gasteiger partial charge in [0.25, 0.3) is 5.69 Å². The van der Waals surface area contributed by atoms with Crippen LogP contribution in [0, 0.1) is 27.3 Å². The molecule has 19 heavy (non-hydrogen) atoms. The minimum absolute atomic E-state index is 0.0162. The lowest BCUT2D eigenvalue weighted by molar-refractivity contribution is -0.384. The van der Waals surface area contributed by atoms with Gasteiger partial charge >= 0.3 is 0 Å². The van der Waals surface area contributed by atoms with Crippen molar-refractivity contribution >= 4 is 21.4 Å². The molecule has 0 heterocycles. The number of rotatable bonds is 5. The van der Waals surface area contributed by atoms with Crippen molar-refractivity contribution in [2.75, 3.05) is 4.72 Å². The van der Waals surface area contributed by atoms with Gasteiger partial charge in [0.2, 0.25) is 10.0 Å². The number of anilines is 1. The Morgan fingerprint density at radius 2 is 2.21 bits per heavy atom. The van der Waals surface area contributed by atoms with E-state index >= 15 is 0 Å². The van der Waals surface area contributed by atoms with Crippen LogP contribution in [-0.2, 0) is 10.0 Å². The largest absolute Gasteiger partial charge is 0.279 e. The summed E-state index contributed by atoms with van der Waals surface area (Å²) >= 11 is 0. The Balaban J connectivity index is 3.16. The Hall–Kier alpha value is -2.21. The van der Waals surface area contributed by atoms with E-state index in [1.807, 2.05) is 4.72 Å². The number of benzene rings is 1. The predicted octanol–water partition coefficient (Wildman–Crippen LogP) is 1.78. The fourth-order valence-electron chi connectivity index (χ4n) is 1.31. The van der Waals surface area contributed by atoms with Crippen LogP contribution in [0.1, 0.15) is 13.3 Å². The Bertz CT molecular complexity index is 639. The molecule has 0 aliphatic heterocycles. The molecule has 0 spiro atoms. The molecule has 102 valence electrons. The van der Waals surface area contributed by atoms with Crippen molar-refractivity contribution in [1.82, 2.24) is 0 Å². The van der Waals surface area contributed by atoms with E-state index in [9.17, 15) is 22.9 Å². The third kappa shape index (κ3) is 3.38. The molecule has 0 saturated heterocycles. The van der Waals surface area contributed by atoms with E-state index in [2.05, 4.69) is 0 Å². The number of nitrogens with one attached hydrogen (secondary N) is 1. The summed E-state index contributed by atoms with van der Waals surface area (Å²) in [5.41, 5.74) is -1.01. The monoisotopic (exact) mass is 287 g/mol. The highest BCUT2D eigenvalue weighted by Gasteiger charge is 2.25. The van der Waals surface area contributed by atoms with Crippen molar-refractivity contribution in [1.29, 1.82) is 5.26 Å². The number of non-ortho nitro benzene ring substituents is 1. The zero-order chi connectivity index (χ0) is 14.6. The topological polar surface area (TPSA) is 113 Å². The Morgan fingerprint density at radius 3 is 2.68 bits per heavy atom. The van der Waals surface area contributed by atoms with E-state index in [-0.39, 0.29) is 6.42 Å². The first-order chi connectivity index (χ1) is 8.81. The molecule has 0 aliphatic rings. The van der Waals surface area contributed by atoms with Gasteiger partial charge < -0.3 is 0 Å². The van der Waals surface area contributed by atoms with Gasteiger partial charge in [0.15, 0.2) is 5.25 Å². The average molecular weight is 287 g/mol. The van der Waals surface area contributed by atoms with Gasteiger partial charge in [-0.1, -0.05) is 6.92 Å². The van der Waals surface area contributed by atoms with Crippen LogP contribution in [0.2, 0.25) is 0 Å². The van der Waals surface area contributed by atoms with E-state index in [1.54, 1.807) is 6.07 Å². The van der Waals surface area contributed by atoms with Crippen molar-refractivity contribution in [2.45, 2.75) is 18.6 Å². The maximum absolute atomic E-state index is 13.4. The third-order valence-corrected chi connectivity index (χ3v) is 3.99. The highest BCUT2D eigenvalue weighted by Crippen LogP contribution is 2.23. The third-order valence-electron chi connectivity index (χ3n) is 2.30. The van der Waals surface area contributed by atoms with E-state index in [0.717, 1.165) is 18.2 Å². The van der Waals surface area contributed by atoms with Crippen molar-refractivity contribution in [3.63, 3.8) is 0 Å². The molecule has 1 aromatic rings. The van der Waals surface area contributed by atoms with Gasteiger partial charge in [-0.15, -0.1) is 0 Å². The smallest absolute Gasteiger partial charge is 0.271 e. The number of hydrogen-bond donors (Lipinski definition) is 1. The van der Waals surface area contributed by atoms with E-state index in [0.29, 0.717) is 0 Å². The zero-order valence-electron chi connectivity index (χ0n) is 9.83. The molecule has 1 aromatic carbocycles. The summed E-state index contributed by atoms with van der Waals surface area (Å²) in [5, 5.41) is 17.9. The number of halogens is 1. The van der Waals surface area contributed by atoms with Gasteiger partial charge in [-0.25, -0.2) is 12.8 Å². The Morgan fingerprint density at radius 1 is 1.58 bits per heavy atom. The van der Waals surface area contributed by atoms with E-state index in [4.69, 9.17) is 5.26 Å². The molecule has 1 atom stereocenters. The molecule has 0 fully saturated rings. The molecule has 0 saturated carbocycles. The number of nitro benzene ring substituents is 1. The second kappa shape index (κ2) is 5.62. The van der Waals surface area contributed by atoms with Crippen molar-refractivity contribution in [3.05, 3.63) is 34.1 Å². The van der Waals surface area contributed by atoms with Crippen LogP contribution in [0.5, 0.6) is 0 Å². The quantitative estimate of drug-likeness (QED) is 0.655. The number of hydrogen-bond acceptors (Lipinski definition) is 5. The summed E-state index contributed by atoms with van der Waals surface area (Å²) in [6.45, 7) is 1.48. The molecule has 0 aromatic heterocycles. The average Bonchev–Trinajstić information content (AvgIpc) is 2.32. The molecule has 7 nitrogen and oxygen atoms in total. The molecule has 0 bridgehead atoms. The minimum Gasteiger partial charge on any atom is -0.279 e. The normalized spacial score (nSPS) is 12.5. The molecular weight excluding hydrogens is 277 g/mol. The fraction of sp³-hybridized carbons (Fsp3) is 0.300. The zero-order valence-corrected chi connectivity index (χ0v) is 10.6. The fourth-order valence-corrected chi connectivity index (χ4v) is 2.49. The number of nitro groups is 1. The van der Waals surface area contributed by atoms with Crippen LogP contribution in [0.15, 0.2) is 18.2 Å². The molecule has 9 heteroatoms. The molecular formula is C10H10FN3O4S. The van der Waals surface area contributed by atoms with E-state index in [1.165, 1.54) is 6.92 Å². The summed E-state index contributed by atoms with van der Waals surface area (Å²) in [5.74, 6) is -0.957. The molecule has 1 unspecified atom stereocenters. The Labute approximate surface area is 108 Å². The lowest BCUT2D eigenvalue weighted by Crippen LogP contribution is -2.26. The SMILES string of the molecule is CCC(C#N)S(=O)(=O)Nc1cc([N+](=O)[O-])ccc1F. The maximum atomic E-state index is 13.4. The predicted molar refractivity (Wildman–Crippen MR) is 65.3 cm³/mol. The second-order valence-electron chi connectivity index (χ2n) is 3.59. The van der Waals surface area contributed by atoms with Gasteiger partial charge in [-0.05, 0) is 12.5 Å². The van der Waals surface area contributed by atoms with Gasteiger partial charge in [0.05, 0.1) is 16.7 Å². The van der Waals surface area contributed by atoms with Crippen LogP contribution < -0.4 is 4.72 Å². The lowest BCUT2D eigenvalue weighted by atomic mass is 10.3. The van der Waals surface area contributed by atoms with Crippen LogP contribution >= 0.6 is 0 Å². The summed E-state index contributed by atoms with van der Waals surface area (Å²) in [6.07, 6.45) is 0.0162. The van der Waals surface area contributed by atoms with Crippen molar-refractivity contribution in [2.24, 2.45) is 0 Å². The molecule has 0 radical (unpaired) electrons. The van der Waals surface area contributed by atoms with Crippen molar-refractivity contribution < 1.29 is 17.7 Å². The number of sulfonamides is 1. The first-order valence-corrected chi connectivity index (χ1v) is 6.71. The van der Waals surface area contributed by atoms with Gasteiger partial charge in [0.1, 0.15) is 5.82 Å². The number of nitriles is 1. The van der Waals surface area contributed by atoms with Crippen LogP contribution in [-0.4, -0.2) is 18.6 Å². The summed E-state index contributed by atoms with van der Waals surface area (Å²) in [7, 11) is -4.11. The first-order valence-electron chi connectivity index (χ1n) is 5.17. The van der Waals surface area contributed by atoms with Crippen molar-refractivity contribution in [3.8, 4) is 6.07 Å². The Kier molecular flexibility index (Phi) is 4.39. The summed E-state index contributed by atoms with van der Waals surface area (Å²) in [4.78, 5) is 9.75.